The van der Waals surface area contributed by atoms with E-state index in [-0.39, 0.29) is 37.5 Å². The molecule has 3 rings (SSSR count). The first-order valence-corrected chi connectivity index (χ1v) is 21.2. The number of likely N-dealkylation sites (N-methyl/N-ethyl adjacent to an activating group) is 1. The van der Waals surface area contributed by atoms with E-state index < -0.39 is 95.3 Å². The lowest BCUT2D eigenvalue weighted by atomic mass is 9.71. The van der Waals surface area contributed by atoms with Crippen molar-refractivity contribution in [1.82, 2.24) is 15.5 Å². The van der Waals surface area contributed by atoms with Crippen LogP contribution in [-0.2, 0) is 33.2 Å². The lowest BCUT2D eigenvalue weighted by Gasteiger charge is -2.54. The van der Waals surface area contributed by atoms with Gasteiger partial charge in [0.1, 0.15) is 35.1 Å². The summed E-state index contributed by atoms with van der Waals surface area (Å²) in [5.74, 6) is -1.97. The Morgan fingerprint density at radius 3 is 2.18 bits per heavy atom. The summed E-state index contributed by atoms with van der Waals surface area (Å²) in [7, 11) is 5.44. The first-order chi connectivity index (χ1) is 25.9. The summed E-state index contributed by atoms with van der Waals surface area (Å²) in [6.07, 6.45) is -4.88. The van der Waals surface area contributed by atoms with Crippen LogP contribution < -0.4 is 10.6 Å². The highest BCUT2D eigenvalue weighted by atomic mass is 16.7. The Balaban J connectivity index is 2.16. The van der Waals surface area contributed by atoms with Gasteiger partial charge in [-0.05, 0) is 106 Å². The lowest BCUT2D eigenvalue weighted by Crippen LogP contribution is -2.70. The van der Waals surface area contributed by atoms with Gasteiger partial charge in [-0.25, -0.2) is 0 Å². The minimum atomic E-state index is -1.76. The molecule has 0 amide bonds. The SMILES string of the molecule is CCCNC[C@@]1(O)[C@@H](C)O[C@H](O[C@@H]2[C@@H](C)[C@H](O[C@H]3O[C@@H](C)C[C@@H](N(C)C)[C@@H]3O)C(C)(C)C[C@H](C)CN[C@@H](C)[C@H](O)[C@@](C)(O)[C@H](CC)OC(=O)[C@H]2C)C[C@]1(C)OC. The molecule has 0 saturated carbocycles. The molecule has 56 heavy (non-hydrogen) atoms. The summed E-state index contributed by atoms with van der Waals surface area (Å²) < 4.78 is 38.9. The number of esters is 1. The molecule has 0 unspecified atom stereocenters. The van der Waals surface area contributed by atoms with Crippen LogP contribution >= 0.6 is 0 Å². The number of hydrogen-bond acceptors (Lipinski definition) is 14. The van der Waals surface area contributed by atoms with Crippen molar-refractivity contribution >= 4 is 5.97 Å². The summed E-state index contributed by atoms with van der Waals surface area (Å²) in [6, 6.07) is -0.714. The molecular weight excluding hydrogens is 722 g/mol. The van der Waals surface area contributed by atoms with Crippen LogP contribution in [0.5, 0.6) is 0 Å². The second-order valence-corrected chi connectivity index (χ2v) is 18.8. The number of cyclic esters (lactones) is 1. The third-order valence-electron chi connectivity index (χ3n) is 13.3. The Morgan fingerprint density at radius 2 is 1.61 bits per heavy atom. The van der Waals surface area contributed by atoms with Gasteiger partial charge >= 0.3 is 5.97 Å². The highest BCUT2D eigenvalue weighted by Crippen LogP contribution is 2.44. The molecule has 6 N–H and O–H groups in total. The first-order valence-electron chi connectivity index (χ1n) is 21.2. The van der Waals surface area contributed by atoms with Crippen LogP contribution in [0.15, 0.2) is 0 Å². The van der Waals surface area contributed by atoms with E-state index in [1.54, 1.807) is 27.9 Å². The average Bonchev–Trinajstić information content (AvgIpc) is 3.12. The van der Waals surface area contributed by atoms with Crippen LogP contribution in [0.1, 0.15) is 115 Å². The summed E-state index contributed by atoms with van der Waals surface area (Å²) in [5, 5.41) is 53.6. The van der Waals surface area contributed by atoms with E-state index in [9.17, 15) is 25.2 Å². The largest absolute Gasteiger partial charge is 0.459 e. The van der Waals surface area contributed by atoms with Crippen molar-refractivity contribution in [3.63, 3.8) is 0 Å². The van der Waals surface area contributed by atoms with E-state index in [4.69, 9.17) is 28.4 Å². The van der Waals surface area contributed by atoms with Gasteiger partial charge in [0.05, 0.1) is 30.3 Å². The standard InChI is InChI=1S/C42H81N3O11/c1-16-18-43-23-42(50)29(8)53-32(21-40(42,11)51-15)55-34-26(5)36(56-38-33(46)30(45(13)14)19-25(4)52-38)39(9,10)20-24(3)22-44-28(7)35(47)41(12,49)31(17-2)54-37(48)27(34)6/h24-36,38,43-44,46-47,49-50H,16-23H2,1-15H3/t24-,25-,26+,27-,28-,29+,30+,31-,32+,33-,34+,35-,36-,38+,40-,41-,42+/m0/s1. The number of ether oxygens (including phenoxy) is 6. The molecule has 3 fully saturated rings. The number of hydrogen-bond donors (Lipinski definition) is 6. The van der Waals surface area contributed by atoms with E-state index in [1.165, 1.54) is 6.92 Å². The average molecular weight is 804 g/mol. The predicted molar refractivity (Wildman–Crippen MR) is 215 cm³/mol. The number of nitrogens with one attached hydrogen (secondary N) is 2. The summed E-state index contributed by atoms with van der Waals surface area (Å²) in [4.78, 5) is 16.4. The maximum atomic E-state index is 14.4. The van der Waals surface area contributed by atoms with Crippen LogP contribution in [0, 0.1) is 23.2 Å². The van der Waals surface area contributed by atoms with Gasteiger partial charge in [0.15, 0.2) is 12.6 Å². The maximum absolute atomic E-state index is 14.4. The topological polar surface area (TPSA) is 181 Å². The van der Waals surface area contributed by atoms with Crippen molar-refractivity contribution in [2.45, 2.75) is 199 Å². The zero-order valence-corrected chi connectivity index (χ0v) is 37.3. The molecule has 17 atom stereocenters. The molecule has 14 nitrogen and oxygen atoms in total. The van der Waals surface area contributed by atoms with Crippen LogP contribution in [0.4, 0.5) is 0 Å². The molecule has 3 aliphatic heterocycles. The molecule has 0 aromatic rings. The number of aliphatic hydroxyl groups is 4. The molecule has 3 heterocycles. The van der Waals surface area contributed by atoms with Gasteiger partial charge in [-0.2, -0.15) is 0 Å². The van der Waals surface area contributed by atoms with Crippen molar-refractivity contribution < 1.29 is 53.6 Å². The number of carbonyl (C=O) groups is 1. The van der Waals surface area contributed by atoms with Crippen molar-refractivity contribution in [3.05, 3.63) is 0 Å². The van der Waals surface area contributed by atoms with Crippen molar-refractivity contribution in [1.29, 1.82) is 0 Å². The Kier molecular flexibility index (Phi) is 17.7. The predicted octanol–water partition coefficient (Wildman–Crippen LogP) is 3.20. The monoisotopic (exact) mass is 804 g/mol. The molecule has 3 saturated heterocycles. The van der Waals surface area contributed by atoms with E-state index in [0.29, 0.717) is 19.4 Å². The summed E-state index contributed by atoms with van der Waals surface area (Å²) in [6.45, 7) is 24.4. The number of rotatable bonds is 11. The quantitative estimate of drug-likeness (QED) is 0.132. The molecular formula is C42H81N3O11. The van der Waals surface area contributed by atoms with Gasteiger partial charge in [-0.15, -0.1) is 0 Å². The summed E-state index contributed by atoms with van der Waals surface area (Å²) >= 11 is 0. The van der Waals surface area contributed by atoms with Gasteiger partial charge in [0.25, 0.3) is 0 Å². The molecule has 0 aliphatic carbocycles. The Hall–Kier alpha value is -1.01. The van der Waals surface area contributed by atoms with Crippen LogP contribution in [0.2, 0.25) is 0 Å². The second kappa shape index (κ2) is 20.0. The molecule has 0 aromatic carbocycles. The number of carbonyl (C=O) groups excluding carboxylic acids is 1. The number of aliphatic hydroxyl groups excluding tert-OH is 2. The van der Waals surface area contributed by atoms with E-state index in [2.05, 4.69) is 38.3 Å². The van der Waals surface area contributed by atoms with Crippen molar-refractivity contribution in [3.8, 4) is 0 Å². The Morgan fingerprint density at radius 1 is 0.964 bits per heavy atom. The minimum absolute atomic E-state index is 0.0826. The Labute approximate surface area is 338 Å². The van der Waals surface area contributed by atoms with Gasteiger partial charge in [0, 0.05) is 38.1 Å². The zero-order valence-electron chi connectivity index (χ0n) is 37.3. The van der Waals surface area contributed by atoms with Gasteiger partial charge in [-0.1, -0.05) is 41.5 Å². The third kappa shape index (κ3) is 11.0. The molecule has 0 spiro atoms. The second-order valence-electron chi connectivity index (χ2n) is 18.8. The number of nitrogens with zero attached hydrogens (tertiary/aromatic N) is 1. The highest BCUT2D eigenvalue weighted by molar-refractivity contribution is 5.73. The van der Waals surface area contributed by atoms with Crippen LogP contribution in [-0.4, -0.2) is 156 Å². The van der Waals surface area contributed by atoms with Crippen LogP contribution in [0.3, 0.4) is 0 Å². The number of methoxy groups -OCH3 is 1. The van der Waals surface area contributed by atoms with Crippen molar-refractivity contribution in [2.75, 3.05) is 40.8 Å². The fraction of sp³-hybridized carbons (Fsp3) is 0.976. The normalized spacial score (nSPS) is 46.2. The zero-order chi connectivity index (χ0) is 42.6. The van der Waals surface area contributed by atoms with E-state index in [1.807, 2.05) is 46.7 Å². The molecule has 3 aliphatic rings. The maximum Gasteiger partial charge on any atom is 0.311 e. The molecule has 14 heteroatoms. The van der Waals surface area contributed by atoms with Gasteiger partial charge in [-0.3, -0.25) is 4.79 Å². The van der Waals surface area contributed by atoms with E-state index >= 15 is 0 Å². The van der Waals surface area contributed by atoms with Crippen molar-refractivity contribution in [2.24, 2.45) is 23.2 Å². The Bertz CT molecular complexity index is 1230. The van der Waals surface area contributed by atoms with E-state index in [0.717, 1.165) is 13.0 Å². The smallest absolute Gasteiger partial charge is 0.311 e. The van der Waals surface area contributed by atoms with Gasteiger partial charge in [0.2, 0.25) is 0 Å². The third-order valence-corrected chi connectivity index (χ3v) is 13.3. The molecule has 0 radical (unpaired) electrons. The van der Waals surface area contributed by atoms with Gasteiger partial charge < -0.3 is 64.4 Å². The molecule has 330 valence electrons. The lowest BCUT2D eigenvalue weighted by molar-refractivity contribution is -0.334. The molecule has 0 aromatic heterocycles. The fourth-order valence-electron chi connectivity index (χ4n) is 9.58. The molecule has 0 bridgehead atoms. The fourth-order valence-corrected chi connectivity index (χ4v) is 9.58. The minimum Gasteiger partial charge on any atom is -0.459 e. The van der Waals surface area contributed by atoms with Crippen LogP contribution in [0.25, 0.3) is 0 Å². The summed E-state index contributed by atoms with van der Waals surface area (Å²) in [5.41, 5.74) is -4.82. The first kappa shape index (κ1) is 49.4. The highest BCUT2D eigenvalue weighted by Gasteiger charge is 2.58.